The molecule has 34 heavy (non-hydrogen) atoms. The summed E-state index contributed by atoms with van der Waals surface area (Å²) in [6, 6.07) is 10.4. The molecule has 1 unspecified atom stereocenters. The van der Waals surface area contributed by atoms with Crippen LogP contribution in [0.1, 0.15) is 42.5 Å². The Morgan fingerprint density at radius 1 is 1.00 bits per heavy atom. The molecule has 0 bridgehead atoms. The molecule has 10 heteroatoms. The number of hydrogen-bond acceptors (Lipinski definition) is 4. The van der Waals surface area contributed by atoms with Crippen LogP contribution in [0.2, 0.25) is 0 Å². The number of benzene rings is 2. The van der Waals surface area contributed by atoms with Crippen LogP contribution in [0.4, 0.5) is 22.0 Å². The van der Waals surface area contributed by atoms with Crippen molar-refractivity contribution in [2.45, 2.75) is 31.9 Å². The van der Waals surface area contributed by atoms with Gasteiger partial charge in [-0.1, -0.05) is 19.9 Å². The summed E-state index contributed by atoms with van der Waals surface area (Å²) in [6.45, 7) is 3.81. The Bertz CT molecular complexity index is 1450. The number of nitrogens with one attached hydrogen (secondary N) is 2. The van der Waals surface area contributed by atoms with Crippen LogP contribution in [0, 0.1) is 34.3 Å². The van der Waals surface area contributed by atoms with Gasteiger partial charge in [-0.3, -0.25) is 5.10 Å². The van der Waals surface area contributed by atoms with Gasteiger partial charge in [-0.25, -0.2) is 8.78 Å². The average molecular weight is 469 g/mol. The molecule has 1 aromatic heterocycles. The van der Waals surface area contributed by atoms with Gasteiger partial charge in [0.25, 0.3) is 0 Å². The number of aromatic nitrogens is 2. The van der Waals surface area contributed by atoms with E-state index in [0.717, 1.165) is 17.8 Å². The highest BCUT2D eigenvalue weighted by atomic mass is 19.4. The van der Waals surface area contributed by atoms with Crippen LogP contribution >= 0.6 is 0 Å². The van der Waals surface area contributed by atoms with Gasteiger partial charge in [0.1, 0.15) is 17.3 Å². The monoisotopic (exact) mass is 469 g/mol. The zero-order valence-electron chi connectivity index (χ0n) is 17.9. The molecule has 0 spiro atoms. The summed E-state index contributed by atoms with van der Waals surface area (Å²) in [5.74, 6) is -3.50. The molecule has 1 aliphatic heterocycles. The summed E-state index contributed by atoms with van der Waals surface area (Å²) >= 11 is 0. The maximum absolute atomic E-state index is 14.6. The van der Waals surface area contributed by atoms with Crippen LogP contribution in [0.3, 0.4) is 0 Å². The normalized spacial score (nSPS) is 16.6. The Morgan fingerprint density at radius 3 is 2.29 bits per heavy atom. The standard InChI is InChI=1S/C24H16F5N5/c1-11(2)21-15-7-12(3-6-19(15)33-34-21)20-16(9-30)22(14-5-4-13(25)8-18(14)26)32-23(17(20)10-31)24(27,28)29/h3-8,11,20,32H,1-2H3,(H,33,34). The third-order valence-electron chi connectivity index (χ3n) is 5.61. The molecule has 4 rings (SSSR count). The molecule has 0 aliphatic carbocycles. The molecule has 2 heterocycles. The van der Waals surface area contributed by atoms with Crippen molar-refractivity contribution in [2.24, 2.45) is 0 Å². The van der Waals surface area contributed by atoms with Crippen LogP contribution in [0.5, 0.6) is 0 Å². The molecule has 0 fully saturated rings. The highest BCUT2D eigenvalue weighted by molar-refractivity contribution is 5.84. The predicted molar refractivity (Wildman–Crippen MR) is 114 cm³/mol. The van der Waals surface area contributed by atoms with Crippen molar-refractivity contribution in [2.75, 3.05) is 0 Å². The van der Waals surface area contributed by atoms with Crippen LogP contribution < -0.4 is 5.32 Å². The summed E-state index contributed by atoms with van der Waals surface area (Å²) in [6.07, 6.45) is -5.01. The second-order valence-corrected chi connectivity index (χ2v) is 8.05. The molecule has 0 amide bonds. The Hall–Kier alpha value is -4.18. The van der Waals surface area contributed by atoms with Gasteiger partial charge in [0.15, 0.2) is 0 Å². The lowest BCUT2D eigenvalue weighted by Gasteiger charge is -2.30. The zero-order valence-corrected chi connectivity index (χ0v) is 17.9. The summed E-state index contributed by atoms with van der Waals surface area (Å²) in [5.41, 5.74) is -1.82. The number of rotatable bonds is 3. The molecule has 0 saturated heterocycles. The van der Waals surface area contributed by atoms with Crippen molar-refractivity contribution in [3.63, 3.8) is 0 Å². The minimum atomic E-state index is -5.01. The lowest BCUT2D eigenvalue weighted by atomic mass is 9.79. The van der Waals surface area contributed by atoms with Gasteiger partial charge in [0.2, 0.25) is 0 Å². The molecular formula is C24H16F5N5. The first-order chi connectivity index (χ1) is 16.1. The van der Waals surface area contributed by atoms with E-state index in [9.17, 15) is 32.5 Å². The van der Waals surface area contributed by atoms with E-state index in [4.69, 9.17) is 0 Å². The SMILES string of the molecule is CC(C)c1[nH]nc2ccc(C3C(C#N)=C(c4ccc(F)cc4F)NC(C(F)(F)F)=C3C#N)cc12. The van der Waals surface area contributed by atoms with Crippen molar-refractivity contribution >= 4 is 16.6 Å². The molecule has 5 nitrogen and oxygen atoms in total. The second-order valence-electron chi connectivity index (χ2n) is 8.05. The number of alkyl halides is 3. The number of nitrogens with zero attached hydrogens (tertiary/aromatic N) is 3. The Morgan fingerprint density at radius 2 is 1.71 bits per heavy atom. The minimum Gasteiger partial charge on any atom is -0.349 e. The predicted octanol–water partition coefficient (Wildman–Crippen LogP) is 5.93. The zero-order chi connectivity index (χ0) is 24.8. The maximum atomic E-state index is 14.6. The number of allylic oxidation sites excluding steroid dienone is 3. The van der Waals surface area contributed by atoms with Crippen LogP contribution in [-0.2, 0) is 0 Å². The summed E-state index contributed by atoms with van der Waals surface area (Å²) in [4.78, 5) is 0. The molecular weight excluding hydrogens is 453 g/mol. The number of dihydropyridines is 1. The van der Waals surface area contributed by atoms with Gasteiger partial charge >= 0.3 is 6.18 Å². The van der Waals surface area contributed by atoms with E-state index in [2.05, 4.69) is 10.2 Å². The Balaban J connectivity index is 2.04. The lowest BCUT2D eigenvalue weighted by molar-refractivity contribution is -0.0962. The largest absolute Gasteiger partial charge is 0.432 e. The van der Waals surface area contributed by atoms with E-state index >= 15 is 0 Å². The lowest BCUT2D eigenvalue weighted by Crippen LogP contribution is -2.33. The van der Waals surface area contributed by atoms with Crippen molar-refractivity contribution < 1.29 is 22.0 Å². The topological polar surface area (TPSA) is 88.3 Å². The highest BCUT2D eigenvalue weighted by Gasteiger charge is 2.44. The molecule has 2 aromatic carbocycles. The molecule has 2 N–H and O–H groups in total. The van der Waals surface area contributed by atoms with E-state index in [-0.39, 0.29) is 17.1 Å². The number of fused-ring (bicyclic) bond motifs is 1. The molecule has 1 atom stereocenters. The van der Waals surface area contributed by atoms with Crippen LogP contribution in [0.15, 0.2) is 53.2 Å². The van der Waals surface area contributed by atoms with Gasteiger partial charge in [0.05, 0.1) is 40.4 Å². The van der Waals surface area contributed by atoms with Crippen LogP contribution in [-0.4, -0.2) is 16.4 Å². The fourth-order valence-electron chi connectivity index (χ4n) is 4.06. The third kappa shape index (κ3) is 3.77. The van der Waals surface area contributed by atoms with Crippen molar-refractivity contribution in [1.82, 2.24) is 15.5 Å². The van der Waals surface area contributed by atoms with Gasteiger partial charge in [-0.05, 0) is 35.7 Å². The fraction of sp³-hybridized carbons (Fsp3) is 0.208. The van der Waals surface area contributed by atoms with E-state index in [1.54, 1.807) is 18.2 Å². The van der Waals surface area contributed by atoms with Crippen LogP contribution in [0.25, 0.3) is 16.6 Å². The summed E-state index contributed by atoms with van der Waals surface area (Å²) < 4.78 is 70.0. The molecule has 1 aliphatic rings. The number of aromatic amines is 1. The van der Waals surface area contributed by atoms with Gasteiger partial charge < -0.3 is 5.32 Å². The van der Waals surface area contributed by atoms with Crippen molar-refractivity contribution in [3.8, 4) is 12.1 Å². The Labute approximate surface area is 190 Å². The number of halogens is 5. The molecule has 172 valence electrons. The first-order valence-corrected chi connectivity index (χ1v) is 10.1. The average Bonchev–Trinajstić information content (AvgIpc) is 3.20. The van der Waals surface area contributed by atoms with Crippen molar-refractivity contribution in [3.05, 3.63) is 81.7 Å². The maximum Gasteiger partial charge on any atom is 0.432 e. The number of hydrogen-bond donors (Lipinski definition) is 2. The smallest absolute Gasteiger partial charge is 0.349 e. The second kappa shape index (κ2) is 8.31. The van der Waals surface area contributed by atoms with Crippen molar-refractivity contribution in [1.29, 1.82) is 10.5 Å². The fourth-order valence-corrected chi connectivity index (χ4v) is 4.06. The molecule has 3 aromatic rings. The Kier molecular flexibility index (Phi) is 5.62. The molecule has 0 saturated carbocycles. The number of nitriles is 2. The van der Waals surface area contributed by atoms with E-state index < -0.39 is 46.3 Å². The quantitative estimate of drug-likeness (QED) is 0.466. The highest BCUT2D eigenvalue weighted by Crippen LogP contribution is 2.45. The number of H-pyrrole nitrogens is 1. The summed E-state index contributed by atoms with van der Waals surface area (Å²) in [7, 11) is 0. The van der Waals surface area contributed by atoms with E-state index in [1.165, 1.54) is 6.07 Å². The van der Waals surface area contributed by atoms with E-state index in [1.807, 2.05) is 25.2 Å². The summed E-state index contributed by atoms with van der Waals surface area (Å²) in [5, 5.41) is 29.4. The first-order valence-electron chi connectivity index (χ1n) is 10.1. The third-order valence-corrected chi connectivity index (χ3v) is 5.61. The first kappa shape index (κ1) is 23.0. The van der Waals surface area contributed by atoms with Gasteiger partial charge in [0, 0.05) is 22.7 Å². The van der Waals surface area contributed by atoms with Gasteiger partial charge in [-0.2, -0.15) is 28.8 Å². The molecule has 0 radical (unpaired) electrons. The minimum absolute atomic E-state index is 0.0137. The van der Waals surface area contributed by atoms with E-state index in [0.29, 0.717) is 17.0 Å². The van der Waals surface area contributed by atoms with Gasteiger partial charge in [-0.15, -0.1) is 0 Å².